The van der Waals surface area contributed by atoms with Gasteiger partial charge in [-0.25, -0.2) is 9.78 Å². The van der Waals surface area contributed by atoms with Gasteiger partial charge in [0.2, 0.25) is 0 Å². The molecule has 0 bridgehead atoms. The Kier molecular flexibility index (Phi) is 4.91. The van der Waals surface area contributed by atoms with Gasteiger partial charge in [0.25, 0.3) is 0 Å². The molecule has 0 radical (unpaired) electrons. The minimum absolute atomic E-state index is 0.00597. The molecule has 7 nitrogen and oxygen atoms in total. The average Bonchev–Trinajstić information content (AvgIpc) is 3.04. The van der Waals surface area contributed by atoms with Crippen LogP contribution in [-0.4, -0.2) is 58.2 Å². The van der Waals surface area contributed by atoms with E-state index in [1.807, 2.05) is 42.2 Å². The lowest BCUT2D eigenvalue weighted by Crippen LogP contribution is -2.52. The highest BCUT2D eigenvalue weighted by molar-refractivity contribution is 5.76. The van der Waals surface area contributed by atoms with Gasteiger partial charge in [0.05, 0.1) is 11.0 Å². The van der Waals surface area contributed by atoms with E-state index >= 15 is 0 Å². The lowest BCUT2D eigenvalue weighted by atomic mass is 10.3. The molecule has 7 heteroatoms. The number of urea groups is 1. The number of carbonyl (C=O) groups excluding carboxylic acids is 1. The number of hydrogen-bond donors (Lipinski definition) is 1. The SMILES string of the molecule is Cc1nc2ccccc2n1CCNC(=O)N1CCN(c2ccncc2)CC1. The molecule has 0 unspecified atom stereocenters. The van der Waals surface area contributed by atoms with E-state index < -0.39 is 0 Å². The summed E-state index contributed by atoms with van der Waals surface area (Å²) in [5, 5.41) is 3.05. The Hall–Kier alpha value is -3.09. The molecule has 1 N–H and O–H groups in total. The molecule has 4 rings (SSSR count). The zero-order valence-corrected chi connectivity index (χ0v) is 15.5. The van der Waals surface area contributed by atoms with Crippen LogP contribution < -0.4 is 10.2 Å². The lowest BCUT2D eigenvalue weighted by Gasteiger charge is -2.36. The smallest absolute Gasteiger partial charge is 0.317 e. The van der Waals surface area contributed by atoms with Crippen LogP contribution in [0.25, 0.3) is 11.0 Å². The first-order valence-electron chi connectivity index (χ1n) is 9.32. The molecular weight excluding hydrogens is 340 g/mol. The van der Waals surface area contributed by atoms with Gasteiger partial charge >= 0.3 is 6.03 Å². The van der Waals surface area contributed by atoms with Crippen LogP contribution in [0.2, 0.25) is 0 Å². The van der Waals surface area contributed by atoms with Gasteiger partial charge in [0, 0.05) is 57.3 Å². The summed E-state index contributed by atoms with van der Waals surface area (Å²) in [6, 6.07) is 12.1. The Morgan fingerprint density at radius 3 is 2.59 bits per heavy atom. The van der Waals surface area contributed by atoms with Crippen LogP contribution in [0.1, 0.15) is 5.82 Å². The normalized spacial score (nSPS) is 14.6. The van der Waals surface area contributed by atoms with Gasteiger partial charge in [0.15, 0.2) is 0 Å². The molecular formula is C20H24N6O. The highest BCUT2D eigenvalue weighted by Crippen LogP contribution is 2.16. The minimum Gasteiger partial charge on any atom is -0.368 e. The first kappa shape index (κ1) is 17.3. The maximum atomic E-state index is 12.5. The van der Waals surface area contributed by atoms with E-state index in [1.54, 1.807) is 12.4 Å². The summed E-state index contributed by atoms with van der Waals surface area (Å²) < 4.78 is 2.15. The number of anilines is 1. The van der Waals surface area contributed by atoms with E-state index in [4.69, 9.17) is 0 Å². The molecule has 3 heterocycles. The summed E-state index contributed by atoms with van der Waals surface area (Å²) in [6.45, 7) is 6.42. The van der Waals surface area contributed by atoms with Crippen LogP contribution in [0, 0.1) is 6.92 Å². The van der Waals surface area contributed by atoms with E-state index in [-0.39, 0.29) is 6.03 Å². The number of piperazine rings is 1. The molecule has 0 spiro atoms. The van der Waals surface area contributed by atoms with Crippen molar-refractivity contribution < 1.29 is 4.79 Å². The predicted molar refractivity (Wildman–Crippen MR) is 106 cm³/mol. The topological polar surface area (TPSA) is 66.3 Å². The van der Waals surface area contributed by atoms with Crippen LogP contribution in [0.15, 0.2) is 48.8 Å². The Bertz CT molecular complexity index is 915. The van der Waals surface area contributed by atoms with Gasteiger partial charge in [0.1, 0.15) is 5.82 Å². The Morgan fingerprint density at radius 1 is 1.07 bits per heavy atom. The molecule has 27 heavy (non-hydrogen) atoms. The predicted octanol–water partition coefficient (Wildman–Crippen LogP) is 2.27. The number of amides is 2. The minimum atomic E-state index is 0.00597. The van der Waals surface area contributed by atoms with Gasteiger partial charge < -0.3 is 19.7 Å². The number of fused-ring (bicyclic) bond motifs is 1. The molecule has 2 aromatic heterocycles. The molecule has 0 aliphatic carbocycles. The molecule has 1 aromatic carbocycles. The molecule has 0 atom stereocenters. The third kappa shape index (κ3) is 3.72. The monoisotopic (exact) mass is 364 g/mol. The maximum absolute atomic E-state index is 12.5. The number of nitrogens with zero attached hydrogens (tertiary/aromatic N) is 5. The highest BCUT2D eigenvalue weighted by atomic mass is 16.2. The molecule has 2 amide bonds. The number of para-hydroxylation sites is 2. The molecule has 140 valence electrons. The van der Waals surface area contributed by atoms with E-state index in [0.29, 0.717) is 6.54 Å². The second-order valence-electron chi connectivity index (χ2n) is 6.71. The number of pyridine rings is 1. The third-order valence-corrected chi connectivity index (χ3v) is 5.05. The lowest BCUT2D eigenvalue weighted by molar-refractivity contribution is 0.194. The van der Waals surface area contributed by atoms with Crippen molar-refractivity contribution in [2.45, 2.75) is 13.5 Å². The van der Waals surface area contributed by atoms with Crippen LogP contribution in [0.3, 0.4) is 0 Å². The summed E-state index contributed by atoms with van der Waals surface area (Å²) in [4.78, 5) is 25.3. The second kappa shape index (κ2) is 7.65. The number of carbonyl (C=O) groups is 1. The molecule has 0 saturated carbocycles. The van der Waals surface area contributed by atoms with Crippen molar-refractivity contribution in [1.82, 2.24) is 24.8 Å². The van der Waals surface area contributed by atoms with E-state index in [2.05, 4.69) is 30.8 Å². The quantitative estimate of drug-likeness (QED) is 0.771. The zero-order chi connectivity index (χ0) is 18.6. The van der Waals surface area contributed by atoms with E-state index in [9.17, 15) is 4.79 Å². The van der Waals surface area contributed by atoms with Gasteiger partial charge in [-0.15, -0.1) is 0 Å². The van der Waals surface area contributed by atoms with Crippen molar-refractivity contribution in [1.29, 1.82) is 0 Å². The second-order valence-corrected chi connectivity index (χ2v) is 6.71. The van der Waals surface area contributed by atoms with E-state index in [1.165, 1.54) is 0 Å². The number of benzene rings is 1. The Balaban J connectivity index is 1.28. The van der Waals surface area contributed by atoms with Gasteiger partial charge in [-0.2, -0.15) is 0 Å². The largest absolute Gasteiger partial charge is 0.368 e. The molecule has 3 aromatic rings. The summed E-state index contributed by atoms with van der Waals surface area (Å²) in [7, 11) is 0. The van der Waals surface area contributed by atoms with E-state index in [0.717, 1.165) is 55.3 Å². The maximum Gasteiger partial charge on any atom is 0.317 e. The van der Waals surface area contributed by atoms with Crippen LogP contribution in [-0.2, 0) is 6.54 Å². The molecule has 1 aliphatic heterocycles. The molecule has 1 aliphatic rings. The number of nitrogens with one attached hydrogen (secondary N) is 1. The number of aromatic nitrogens is 3. The fourth-order valence-corrected chi connectivity index (χ4v) is 3.59. The number of rotatable bonds is 4. The van der Waals surface area contributed by atoms with Crippen molar-refractivity contribution in [2.75, 3.05) is 37.6 Å². The number of aryl methyl sites for hydroxylation is 1. The first-order valence-corrected chi connectivity index (χ1v) is 9.32. The highest BCUT2D eigenvalue weighted by Gasteiger charge is 2.21. The van der Waals surface area contributed by atoms with Crippen LogP contribution in [0.5, 0.6) is 0 Å². The summed E-state index contributed by atoms with van der Waals surface area (Å²) >= 11 is 0. The third-order valence-electron chi connectivity index (χ3n) is 5.05. The van der Waals surface area contributed by atoms with Crippen LogP contribution >= 0.6 is 0 Å². The molecule has 1 saturated heterocycles. The van der Waals surface area contributed by atoms with Crippen molar-refractivity contribution >= 4 is 22.8 Å². The number of hydrogen-bond acceptors (Lipinski definition) is 4. The van der Waals surface area contributed by atoms with Crippen LogP contribution in [0.4, 0.5) is 10.5 Å². The summed E-state index contributed by atoms with van der Waals surface area (Å²) in [6.07, 6.45) is 3.60. The van der Waals surface area contributed by atoms with Gasteiger partial charge in [-0.05, 0) is 31.2 Å². The molecule has 1 fully saturated rings. The van der Waals surface area contributed by atoms with Gasteiger partial charge in [-0.1, -0.05) is 12.1 Å². The first-order chi connectivity index (χ1) is 13.2. The van der Waals surface area contributed by atoms with Crippen molar-refractivity contribution in [3.8, 4) is 0 Å². The standard InChI is InChI=1S/C20H24N6O/c1-16-23-18-4-2-3-5-19(18)26(16)11-10-22-20(27)25-14-12-24(13-15-25)17-6-8-21-9-7-17/h2-9H,10-15H2,1H3,(H,22,27). The van der Waals surface area contributed by atoms with Crippen molar-refractivity contribution in [3.05, 3.63) is 54.6 Å². The summed E-state index contributed by atoms with van der Waals surface area (Å²) in [5.41, 5.74) is 3.26. The van der Waals surface area contributed by atoms with Crippen molar-refractivity contribution in [2.24, 2.45) is 0 Å². The fourth-order valence-electron chi connectivity index (χ4n) is 3.59. The Labute approximate surface area is 158 Å². The zero-order valence-electron chi connectivity index (χ0n) is 15.5. The van der Waals surface area contributed by atoms with Gasteiger partial charge in [-0.3, -0.25) is 4.98 Å². The Morgan fingerprint density at radius 2 is 1.81 bits per heavy atom. The fraction of sp³-hybridized carbons (Fsp3) is 0.350. The average molecular weight is 364 g/mol. The number of imidazole rings is 1. The van der Waals surface area contributed by atoms with Crippen molar-refractivity contribution in [3.63, 3.8) is 0 Å². The summed E-state index contributed by atoms with van der Waals surface area (Å²) in [5.74, 6) is 0.969.